The molecule has 0 aromatic heterocycles. The second-order valence-electron chi connectivity index (χ2n) is 5.14. The van der Waals surface area contributed by atoms with Gasteiger partial charge in [-0.25, -0.2) is 0 Å². The van der Waals surface area contributed by atoms with Crippen LogP contribution in [-0.2, 0) is 6.42 Å². The molecule has 3 rings (SSSR count). The predicted octanol–water partition coefficient (Wildman–Crippen LogP) is 3.39. The minimum Gasteiger partial charge on any atom is -0.508 e. The van der Waals surface area contributed by atoms with Gasteiger partial charge in [-0.3, -0.25) is 0 Å². The van der Waals surface area contributed by atoms with Crippen LogP contribution in [0, 0.1) is 0 Å². The molecule has 0 radical (unpaired) electrons. The number of rotatable bonds is 4. The molecule has 1 heterocycles. The number of ether oxygens (including phenoxy) is 4. The molecule has 0 saturated heterocycles. The van der Waals surface area contributed by atoms with Gasteiger partial charge in [0, 0.05) is 18.1 Å². The van der Waals surface area contributed by atoms with Gasteiger partial charge in [0.2, 0.25) is 5.75 Å². The molecule has 0 saturated carbocycles. The van der Waals surface area contributed by atoms with Gasteiger partial charge in [0.05, 0.1) is 21.3 Å². The second-order valence-corrected chi connectivity index (χ2v) is 5.14. The zero-order valence-electron chi connectivity index (χ0n) is 13.3. The van der Waals surface area contributed by atoms with Crippen molar-refractivity contribution < 1.29 is 24.1 Å². The van der Waals surface area contributed by atoms with Crippen LogP contribution in [0.3, 0.4) is 0 Å². The lowest BCUT2D eigenvalue weighted by atomic mass is 10.1. The molecular weight excluding hydrogens is 296 g/mol. The van der Waals surface area contributed by atoms with E-state index in [-0.39, 0.29) is 5.75 Å². The van der Waals surface area contributed by atoms with Crippen molar-refractivity contribution in [3.05, 3.63) is 47.2 Å². The van der Waals surface area contributed by atoms with Gasteiger partial charge in [0.25, 0.3) is 0 Å². The van der Waals surface area contributed by atoms with Crippen molar-refractivity contribution in [1.29, 1.82) is 0 Å². The molecule has 2 aromatic carbocycles. The SMILES string of the molecule is COc1cc(C=C2Cc3ccc(O)cc3O2)cc(OC)c1OC. The van der Waals surface area contributed by atoms with Gasteiger partial charge in [-0.1, -0.05) is 6.07 Å². The topological polar surface area (TPSA) is 57.2 Å². The maximum absolute atomic E-state index is 9.52. The Morgan fingerprint density at radius 3 is 2.30 bits per heavy atom. The molecule has 5 heteroatoms. The van der Waals surface area contributed by atoms with Crippen LogP contribution < -0.4 is 18.9 Å². The average molecular weight is 314 g/mol. The minimum atomic E-state index is 0.192. The maximum Gasteiger partial charge on any atom is 0.203 e. The Morgan fingerprint density at radius 1 is 1.00 bits per heavy atom. The van der Waals surface area contributed by atoms with E-state index in [1.54, 1.807) is 33.5 Å². The fourth-order valence-electron chi connectivity index (χ4n) is 2.60. The summed E-state index contributed by atoms with van der Waals surface area (Å²) < 4.78 is 21.8. The van der Waals surface area contributed by atoms with Crippen molar-refractivity contribution in [2.45, 2.75) is 6.42 Å². The summed E-state index contributed by atoms with van der Waals surface area (Å²) in [4.78, 5) is 0. The van der Waals surface area contributed by atoms with E-state index in [4.69, 9.17) is 18.9 Å². The van der Waals surface area contributed by atoms with Gasteiger partial charge < -0.3 is 24.1 Å². The third-order valence-electron chi connectivity index (χ3n) is 3.67. The lowest BCUT2D eigenvalue weighted by molar-refractivity contribution is 0.324. The monoisotopic (exact) mass is 314 g/mol. The first-order valence-corrected chi connectivity index (χ1v) is 7.15. The van der Waals surface area contributed by atoms with Crippen LogP contribution in [0.4, 0.5) is 0 Å². The van der Waals surface area contributed by atoms with Crippen LogP contribution in [0.5, 0.6) is 28.7 Å². The maximum atomic E-state index is 9.52. The molecule has 0 bridgehead atoms. The third-order valence-corrected chi connectivity index (χ3v) is 3.67. The van der Waals surface area contributed by atoms with Crippen LogP contribution >= 0.6 is 0 Å². The van der Waals surface area contributed by atoms with E-state index >= 15 is 0 Å². The standard InChI is InChI=1S/C18H18O5/c1-20-16-7-11(8-17(21-2)18(16)22-3)6-14-9-12-4-5-13(19)10-15(12)23-14/h4-8,10,19H,9H2,1-3H3. The van der Waals surface area contributed by atoms with Crippen molar-refractivity contribution in [2.75, 3.05) is 21.3 Å². The average Bonchev–Trinajstić information content (AvgIpc) is 2.94. The summed E-state index contributed by atoms with van der Waals surface area (Å²) >= 11 is 0. The number of hydrogen-bond acceptors (Lipinski definition) is 5. The Kier molecular flexibility index (Phi) is 4.02. The van der Waals surface area contributed by atoms with Crippen LogP contribution in [0.1, 0.15) is 11.1 Å². The molecule has 0 fully saturated rings. The van der Waals surface area contributed by atoms with E-state index in [0.717, 1.165) is 16.9 Å². The van der Waals surface area contributed by atoms with Crippen LogP contribution in [0.25, 0.3) is 6.08 Å². The largest absolute Gasteiger partial charge is 0.508 e. The number of aromatic hydroxyl groups is 1. The first-order valence-electron chi connectivity index (χ1n) is 7.15. The summed E-state index contributed by atoms with van der Waals surface area (Å²) in [5.74, 6) is 3.40. The van der Waals surface area contributed by atoms with Crippen LogP contribution in [0.15, 0.2) is 36.1 Å². The summed E-state index contributed by atoms with van der Waals surface area (Å²) in [6.07, 6.45) is 2.59. The van der Waals surface area contributed by atoms with Crippen LogP contribution in [0.2, 0.25) is 0 Å². The van der Waals surface area contributed by atoms with Crippen molar-refractivity contribution in [1.82, 2.24) is 0 Å². The molecule has 1 aliphatic rings. The third kappa shape index (κ3) is 2.90. The molecular formula is C18H18O5. The normalized spacial score (nSPS) is 14.3. The second kappa shape index (κ2) is 6.12. The number of allylic oxidation sites excluding steroid dienone is 1. The van der Waals surface area contributed by atoms with Crippen molar-refractivity contribution in [2.24, 2.45) is 0 Å². The quantitative estimate of drug-likeness (QED) is 0.937. The molecule has 0 atom stereocenters. The molecule has 0 spiro atoms. The van der Waals surface area contributed by atoms with Crippen molar-refractivity contribution in [3.8, 4) is 28.7 Å². The Balaban J connectivity index is 1.94. The van der Waals surface area contributed by atoms with Gasteiger partial charge in [-0.15, -0.1) is 0 Å². The molecule has 1 N–H and O–H groups in total. The molecule has 23 heavy (non-hydrogen) atoms. The highest BCUT2D eigenvalue weighted by Crippen LogP contribution is 2.40. The molecule has 1 aliphatic heterocycles. The number of hydrogen-bond donors (Lipinski definition) is 1. The summed E-state index contributed by atoms with van der Waals surface area (Å²) in [6, 6.07) is 8.85. The summed E-state index contributed by atoms with van der Waals surface area (Å²) in [5.41, 5.74) is 1.92. The summed E-state index contributed by atoms with van der Waals surface area (Å²) in [7, 11) is 4.74. The van der Waals surface area contributed by atoms with Crippen LogP contribution in [-0.4, -0.2) is 26.4 Å². The van der Waals surface area contributed by atoms with E-state index in [2.05, 4.69) is 0 Å². The highest BCUT2D eigenvalue weighted by atomic mass is 16.5. The van der Waals surface area contributed by atoms with Gasteiger partial charge >= 0.3 is 0 Å². The van der Waals surface area contributed by atoms with Gasteiger partial charge in [-0.2, -0.15) is 0 Å². The summed E-state index contributed by atoms with van der Waals surface area (Å²) in [6.45, 7) is 0. The van der Waals surface area contributed by atoms with Gasteiger partial charge in [-0.05, 0) is 29.8 Å². The zero-order valence-corrected chi connectivity index (χ0v) is 13.3. The minimum absolute atomic E-state index is 0.192. The molecule has 2 aromatic rings. The first kappa shape index (κ1) is 15.1. The number of phenols is 1. The molecule has 0 unspecified atom stereocenters. The highest BCUT2D eigenvalue weighted by molar-refractivity contribution is 5.64. The zero-order chi connectivity index (χ0) is 16.4. The number of fused-ring (bicyclic) bond motifs is 1. The van der Waals surface area contributed by atoms with Crippen molar-refractivity contribution >= 4 is 6.08 Å². The highest BCUT2D eigenvalue weighted by Gasteiger charge is 2.19. The van der Waals surface area contributed by atoms with E-state index in [1.807, 2.05) is 24.3 Å². The molecule has 5 nitrogen and oxygen atoms in total. The van der Waals surface area contributed by atoms with E-state index in [9.17, 15) is 5.11 Å². The van der Waals surface area contributed by atoms with E-state index < -0.39 is 0 Å². The fourth-order valence-corrected chi connectivity index (χ4v) is 2.60. The Labute approximate surface area is 134 Å². The van der Waals surface area contributed by atoms with Crippen molar-refractivity contribution in [3.63, 3.8) is 0 Å². The Bertz CT molecular complexity index is 739. The first-order chi connectivity index (χ1) is 11.1. The lowest BCUT2D eigenvalue weighted by Crippen LogP contribution is -1.96. The Morgan fingerprint density at radius 2 is 1.70 bits per heavy atom. The van der Waals surface area contributed by atoms with E-state index in [1.165, 1.54) is 0 Å². The predicted molar refractivity (Wildman–Crippen MR) is 86.5 cm³/mol. The lowest BCUT2D eigenvalue weighted by Gasteiger charge is -2.13. The molecule has 120 valence electrons. The molecule has 0 amide bonds. The Hall–Kier alpha value is -2.82. The fraction of sp³-hybridized carbons (Fsp3) is 0.222. The number of methoxy groups -OCH3 is 3. The van der Waals surface area contributed by atoms with Gasteiger partial charge in [0.1, 0.15) is 17.3 Å². The molecule has 0 aliphatic carbocycles. The number of benzene rings is 2. The van der Waals surface area contributed by atoms with E-state index in [0.29, 0.717) is 29.4 Å². The smallest absolute Gasteiger partial charge is 0.203 e. The summed E-state index contributed by atoms with van der Waals surface area (Å²) in [5, 5.41) is 9.52. The number of phenolic OH excluding ortho intramolecular Hbond substituents is 1. The van der Waals surface area contributed by atoms with Gasteiger partial charge in [0.15, 0.2) is 11.5 Å².